The number of likely N-dealkylation sites (tertiary alicyclic amines) is 1. The van der Waals surface area contributed by atoms with Gasteiger partial charge in [0.1, 0.15) is 6.33 Å². The highest BCUT2D eigenvalue weighted by atomic mass is 32.2. The zero-order valence-electron chi connectivity index (χ0n) is 17.2. The van der Waals surface area contributed by atoms with E-state index in [1.807, 2.05) is 22.8 Å². The van der Waals surface area contributed by atoms with Crippen molar-refractivity contribution in [3.8, 4) is 5.69 Å². The Kier molecular flexibility index (Phi) is 6.81. The van der Waals surface area contributed by atoms with E-state index < -0.39 is 0 Å². The molecule has 1 fully saturated rings. The van der Waals surface area contributed by atoms with Gasteiger partial charge in [-0.1, -0.05) is 67.2 Å². The molecule has 2 heterocycles. The lowest BCUT2D eigenvalue weighted by atomic mass is 10.1. The van der Waals surface area contributed by atoms with E-state index in [1.54, 1.807) is 6.33 Å². The van der Waals surface area contributed by atoms with Gasteiger partial charge in [0.05, 0.1) is 11.4 Å². The summed E-state index contributed by atoms with van der Waals surface area (Å²) in [5.74, 6) is 0.382. The van der Waals surface area contributed by atoms with Gasteiger partial charge in [-0.2, -0.15) is 0 Å². The minimum absolute atomic E-state index is 0.0462. The molecule has 0 spiro atoms. The van der Waals surface area contributed by atoms with Gasteiger partial charge in [0, 0.05) is 25.7 Å². The zero-order valence-corrected chi connectivity index (χ0v) is 18.0. The SMILES string of the molecule is CCc1ccccc1-n1cnnc1SCC(=O)NC1CCN(Cc2ccccc2)C1. The van der Waals surface area contributed by atoms with E-state index in [0.717, 1.165) is 43.3 Å². The van der Waals surface area contributed by atoms with Gasteiger partial charge in [-0.25, -0.2) is 0 Å². The number of carbonyl (C=O) groups excluding carboxylic acids is 1. The van der Waals surface area contributed by atoms with Gasteiger partial charge in [0.2, 0.25) is 5.91 Å². The maximum atomic E-state index is 12.5. The molecule has 0 bridgehead atoms. The third-order valence-corrected chi connectivity index (χ3v) is 6.31. The average Bonchev–Trinajstić information content (AvgIpc) is 3.42. The summed E-state index contributed by atoms with van der Waals surface area (Å²) in [6.45, 7) is 4.97. The number of rotatable bonds is 8. The smallest absolute Gasteiger partial charge is 0.230 e. The zero-order chi connectivity index (χ0) is 20.8. The third kappa shape index (κ3) is 5.09. The van der Waals surface area contributed by atoms with Crippen molar-refractivity contribution in [1.29, 1.82) is 0 Å². The van der Waals surface area contributed by atoms with Crippen LogP contribution in [0.5, 0.6) is 0 Å². The Balaban J connectivity index is 1.29. The fourth-order valence-electron chi connectivity index (χ4n) is 3.87. The van der Waals surface area contributed by atoms with Crippen LogP contribution in [0.2, 0.25) is 0 Å². The molecule has 1 N–H and O–H groups in total. The van der Waals surface area contributed by atoms with Crippen molar-refractivity contribution in [2.75, 3.05) is 18.8 Å². The number of amides is 1. The summed E-state index contributed by atoms with van der Waals surface area (Å²) in [5.41, 5.74) is 3.61. The van der Waals surface area contributed by atoms with Gasteiger partial charge in [0.25, 0.3) is 0 Å². The molecule has 1 aliphatic heterocycles. The topological polar surface area (TPSA) is 63.1 Å². The first-order valence-corrected chi connectivity index (χ1v) is 11.4. The standard InChI is InChI=1S/C23H27N5OS/c1-2-19-10-6-7-11-21(19)28-17-24-26-23(28)30-16-22(29)25-20-12-13-27(15-20)14-18-8-4-3-5-9-18/h3-11,17,20H,2,12-16H2,1H3,(H,25,29). The summed E-state index contributed by atoms with van der Waals surface area (Å²) in [4.78, 5) is 14.9. The van der Waals surface area contributed by atoms with Crippen LogP contribution < -0.4 is 5.32 Å². The molecule has 1 amide bonds. The highest BCUT2D eigenvalue weighted by molar-refractivity contribution is 7.99. The molecule has 6 nitrogen and oxygen atoms in total. The number of carbonyl (C=O) groups is 1. The Morgan fingerprint density at radius 1 is 1.17 bits per heavy atom. The van der Waals surface area contributed by atoms with Crippen molar-refractivity contribution in [2.45, 2.75) is 37.5 Å². The summed E-state index contributed by atoms with van der Waals surface area (Å²) in [6.07, 6.45) is 3.64. The van der Waals surface area contributed by atoms with Gasteiger partial charge in [0.15, 0.2) is 5.16 Å². The Hall–Kier alpha value is -2.64. The van der Waals surface area contributed by atoms with Crippen LogP contribution in [0.15, 0.2) is 66.1 Å². The number of hydrogen-bond acceptors (Lipinski definition) is 5. The lowest BCUT2D eigenvalue weighted by Crippen LogP contribution is -2.38. The highest BCUT2D eigenvalue weighted by Gasteiger charge is 2.24. The summed E-state index contributed by atoms with van der Waals surface area (Å²) < 4.78 is 1.97. The maximum Gasteiger partial charge on any atom is 0.230 e. The molecule has 1 aromatic heterocycles. The fraction of sp³-hybridized carbons (Fsp3) is 0.348. The van der Waals surface area contributed by atoms with Crippen molar-refractivity contribution in [1.82, 2.24) is 25.0 Å². The number of thioether (sulfide) groups is 1. The first-order valence-electron chi connectivity index (χ1n) is 10.4. The van der Waals surface area contributed by atoms with Crippen molar-refractivity contribution in [2.24, 2.45) is 0 Å². The Bertz CT molecular complexity index is 974. The number of benzene rings is 2. The highest BCUT2D eigenvalue weighted by Crippen LogP contribution is 2.22. The predicted octanol–water partition coefficient (Wildman–Crippen LogP) is 3.31. The molecular weight excluding hydrogens is 394 g/mol. The summed E-state index contributed by atoms with van der Waals surface area (Å²) in [6, 6.07) is 18.9. The van der Waals surface area contributed by atoms with Crippen LogP contribution in [0.4, 0.5) is 0 Å². The van der Waals surface area contributed by atoms with Gasteiger partial charge in [-0.15, -0.1) is 10.2 Å². The second-order valence-electron chi connectivity index (χ2n) is 7.53. The molecule has 7 heteroatoms. The third-order valence-electron chi connectivity index (χ3n) is 5.37. The molecule has 3 aromatic rings. The van der Waals surface area contributed by atoms with Crippen LogP contribution in [0.1, 0.15) is 24.5 Å². The van der Waals surface area contributed by atoms with Crippen LogP contribution >= 0.6 is 11.8 Å². The molecule has 1 saturated heterocycles. The fourth-order valence-corrected chi connectivity index (χ4v) is 4.60. The molecule has 0 radical (unpaired) electrons. The van der Waals surface area contributed by atoms with Gasteiger partial charge >= 0.3 is 0 Å². The van der Waals surface area contributed by atoms with Crippen molar-refractivity contribution < 1.29 is 4.79 Å². The lowest BCUT2D eigenvalue weighted by molar-refractivity contribution is -0.119. The number of para-hydroxylation sites is 1. The van der Waals surface area contributed by atoms with Crippen molar-refractivity contribution in [3.05, 3.63) is 72.1 Å². The molecule has 1 unspecified atom stereocenters. The van der Waals surface area contributed by atoms with Crippen LogP contribution in [0.25, 0.3) is 5.69 Å². The van der Waals surface area contributed by atoms with E-state index in [-0.39, 0.29) is 11.9 Å². The van der Waals surface area contributed by atoms with E-state index >= 15 is 0 Å². The largest absolute Gasteiger partial charge is 0.351 e. The molecule has 156 valence electrons. The van der Waals surface area contributed by atoms with E-state index in [1.165, 1.54) is 22.9 Å². The minimum Gasteiger partial charge on any atom is -0.351 e. The predicted molar refractivity (Wildman–Crippen MR) is 120 cm³/mol. The van der Waals surface area contributed by atoms with Crippen molar-refractivity contribution in [3.63, 3.8) is 0 Å². The minimum atomic E-state index is 0.0462. The summed E-state index contributed by atoms with van der Waals surface area (Å²) >= 11 is 1.43. The molecular formula is C23H27N5OS. The van der Waals surface area contributed by atoms with E-state index in [4.69, 9.17) is 0 Å². The molecule has 1 aliphatic rings. The van der Waals surface area contributed by atoms with Crippen LogP contribution in [-0.2, 0) is 17.8 Å². The Morgan fingerprint density at radius 3 is 2.80 bits per heavy atom. The Labute approximate surface area is 181 Å². The molecule has 0 aliphatic carbocycles. The van der Waals surface area contributed by atoms with Gasteiger partial charge in [-0.05, 0) is 30.0 Å². The second kappa shape index (κ2) is 9.91. The van der Waals surface area contributed by atoms with Crippen LogP contribution in [0.3, 0.4) is 0 Å². The molecule has 2 aromatic carbocycles. The Morgan fingerprint density at radius 2 is 1.97 bits per heavy atom. The number of aromatic nitrogens is 3. The molecule has 30 heavy (non-hydrogen) atoms. The second-order valence-corrected chi connectivity index (χ2v) is 8.47. The van der Waals surface area contributed by atoms with E-state index in [0.29, 0.717) is 5.75 Å². The monoisotopic (exact) mass is 421 g/mol. The molecule has 1 atom stereocenters. The van der Waals surface area contributed by atoms with Gasteiger partial charge < -0.3 is 5.32 Å². The normalized spacial score (nSPS) is 16.6. The molecule has 0 saturated carbocycles. The summed E-state index contributed by atoms with van der Waals surface area (Å²) in [7, 11) is 0. The van der Waals surface area contributed by atoms with E-state index in [9.17, 15) is 4.79 Å². The number of hydrogen-bond donors (Lipinski definition) is 1. The van der Waals surface area contributed by atoms with Crippen molar-refractivity contribution >= 4 is 17.7 Å². The molecule has 4 rings (SSSR count). The van der Waals surface area contributed by atoms with Gasteiger partial charge in [-0.3, -0.25) is 14.3 Å². The maximum absolute atomic E-state index is 12.5. The number of nitrogens with one attached hydrogen (secondary N) is 1. The lowest BCUT2D eigenvalue weighted by Gasteiger charge is -2.17. The van der Waals surface area contributed by atoms with Crippen LogP contribution in [-0.4, -0.2) is 50.5 Å². The first kappa shape index (κ1) is 20.6. The average molecular weight is 422 g/mol. The number of nitrogens with zero attached hydrogens (tertiary/aromatic N) is 4. The number of aryl methyl sites for hydroxylation is 1. The quantitative estimate of drug-likeness (QED) is 0.566. The van der Waals surface area contributed by atoms with Crippen LogP contribution in [0, 0.1) is 0 Å². The van der Waals surface area contributed by atoms with E-state index in [2.05, 4.69) is 63.7 Å². The first-order chi connectivity index (χ1) is 14.7. The summed E-state index contributed by atoms with van der Waals surface area (Å²) in [5, 5.41) is 12.2.